The number of aromatic nitrogens is 2. The smallest absolute Gasteiger partial charge is 0.205 e. The highest BCUT2D eigenvalue weighted by molar-refractivity contribution is 7.15. The number of nitriles is 1. The Morgan fingerprint density at radius 3 is 2.86 bits per heavy atom. The summed E-state index contributed by atoms with van der Waals surface area (Å²) in [4.78, 5) is 0. The fourth-order valence-electron chi connectivity index (χ4n) is 1.89. The van der Waals surface area contributed by atoms with Gasteiger partial charge < -0.3 is 10.1 Å². The van der Waals surface area contributed by atoms with E-state index in [9.17, 15) is 0 Å². The standard InChI is InChI=1S/C15H18N4OS/c1-10(2)6-14-18-19-15(21-14)17-9-11-4-5-13(20-3)12(7-11)8-16/h4-5,7,10H,6,9H2,1-3H3,(H,17,19). The van der Waals surface area contributed by atoms with Crippen molar-refractivity contribution in [1.82, 2.24) is 10.2 Å². The van der Waals surface area contributed by atoms with E-state index in [1.807, 2.05) is 12.1 Å². The topological polar surface area (TPSA) is 70.8 Å². The number of anilines is 1. The lowest BCUT2D eigenvalue weighted by Gasteiger charge is -2.06. The van der Waals surface area contributed by atoms with Gasteiger partial charge in [0.25, 0.3) is 0 Å². The Morgan fingerprint density at radius 1 is 1.38 bits per heavy atom. The lowest BCUT2D eigenvalue weighted by atomic mass is 10.1. The number of benzene rings is 1. The van der Waals surface area contributed by atoms with Crippen LogP contribution in [0, 0.1) is 17.2 Å². The van der Waals surface area contributed by atoms with Crippen LogP contribution in [-0.4, -0.2) is 17.3 Å². The SMILES string of the molecule is COc1ccc(CNc2nnc(CC(C)C)s2)cc1C#N. The maximum absolute atomic E-state index is 9.08. The molecule has 0 spiro atoms. The van der Waals surface area contributed by atoms with Gasteiger partial charge in [-0.05, 0) is 23.6 Å². The molecule has 0 bridgehead atoms. The lowest BCUT2D eigenvalue weighted by molar-refractivity contribution is 0.413. The van der Waals surface area contributed by atoms with Crippen LogP contribution in [0.25, 0.3) is 0 Å². The van der Waals surface area contributed by atoms with E-state index < -0.39 is 0 Å². The Labute approximate surface area is 128 Å². The summed E-state index contributed by atoms with van der Waals surface area (Å²) in [6.07, 6.45) is 0.945. The summed E-state index contributed by atoms with van der Waals surface area (Å²) >= 11 is 1.58. The molecular formula is C15H18N4OS. The second-order valence-corrected chi connectivity index (χ2v) is 6.16. The summed E-state index contributed by atoms with van der Waals surface area (Å²) in [6, 6.07) is 7.69. The maximum Gasteiger partial charge on any atom is 0.205 e. The van der Waals surface area contributed by atoms with Crippen molar-refractivity contribution in [3.63, 3.8) is 0 Å². The average molecular weight is 302 g/mol. The van der Waals surface area contributed by atoms with Crippen molar-refractivity contribution in [2.24, 2.45) is 5.92 Å². The Balaban J connectivity index is 2.00. The van der Waals surface area contributed by atoms with Crippen molar-refractivity contribution < 1.29 is 4.74 Å². The second kappa shape index (κ2) is 7.04. The molecule has 110 valence electrons. The average Bonchev–Trinajstić information content (AvgIpc) is 2.91. The molecule has 0 aliphatic heterocycles. The van der Waals surface area contributed by atoms with Crippen LogP contribution in [-0.2, 0) is 13.0 Å². The first-order valence-electron chi connectivity index (χ1n) is 6.75. The Morgan fingerprint density at radius 2 is 2.19 bits per heavy atom. The second-order valence-electron chi connectivity index (χ2n) is 5.10. The van der Waals surface area contributed by atoms with Gasteiger partial charge >= 0.3 is 0 Å². The van der Waals surface area contributed by atoms with Gasteiger partial charge in [0.15, 0.2) is 0 Å². The highest BCUT2D eigenvalue weighted by Crippen LogP contribution is 2.21. The first kappa shape index (κ1) is 15.3. The molecule has 0 saturated heterocycles. The van der Waals surface area contributed by atoms with Gasteiger partial charge in [0, 0.05) is 13.0 Å². The van der Waals surface area contributed by atoms with Gasteiger partial charge in [-0.3, -0.25) is 0 Å². The molecule has 0 amide bonds. The third-order valence-corrected chi connectivity index (χ3v) is 3.78. The highest BCUT2D eigenvalue weighted by Gasteiger charge is 2.07. The molecule has 2 aromatic rings. The fourth-order valence-corrected chi connectivity index (χ4v) is 2.83. The van der Waals surface area contributed by atoms with Gasteiger partial charge in [-0.1, -0.05) is 31.3 Å². The summed E-state index contributed by atoms with van der Waals surface area (Å²) in [6.45, 7) is 4.93. The normalized spacial score (nSPS) is 10.4. The largest absolute Gasteiger partial charge is 0.495 e. The maximum atomic E-state index is 9.08. The zero-order valence-corrected chi connectivity index (χ0v) is 13.2. The highest BCUT2D eigenvalue weighted by atomic mass is 32.1. The van der Waals surface area contributed by atoms with E-state index in [4.69, 9.17) is 10.00 Å². The van der Waals surface area contributed by atoms with E-state index >= 15 is 0 Å². The van der Waals surface area contributed by atoms with Crippen molar-refractivity contribution in [2.75, 3.05) is 12.4 Å². The van der Waals surface area contributed by atoms with Crippen LogP contribution in [0.1, 0.15) is 30.0 Å². The summed E-state index contributed by atoms with van der Waals surface area (Å²) in [7, 11) is 1.56. The number of nitrogens with zero attached hydrogens (tertiary/aromatic N) is 3. The van der Waals surface area contributed by atoms with Crippen molar-refractivity contribution in [1.29, 1.82) is 5.26 Å². The van der Waals surface area contributed by atoms with Crippen molar-refractivity contribution in [2.45, 2.75) is 26.8 Å². The van der Waals surface area contributed by atoms with Gasteiger partial charge in [0.05, 0.1) is 12.7 Å². The summed E-state index contributed by atoms with van der Waals surface area (Å²) in [5.74, 6) is 1.17. The predicted molar refractivity (Wildman–Crippen MR) is 83.5 cm³/mol. The van der Waals surface area contributed by atoms with Crippen LogP contribution in [0.2, 0.25) is 0 Å². The monoisotopic (exact) mass is 302 g/mol. The third-order valence-electron chi connectivity index (χ3n) is 2.88. The molecule has 0 atom stereocenters. The third kappa shape index (κ3) is 4.17. The number of rotatable bonds is 6. The summed E-state index contributed by atoms with van der Waals surface area (Å²) in [5.41, 5.74) is 1.54. The van der Waals surface area contributed by atoms with Crippen LogP contribution < -0.4 is 10.1 Å². The zero-order valence-electron chi connectivity index (χ0n) is 12.4. The van der Waals surface area contributed by atoms with E-state index in [1.54, 1.807) is 24.5 Å². The van der Waals surface area contributed by atoms with Crippen molar-refractivity contribution in [3.8, 4) is 11.8 Å². The zero-order chi connectivity index (χ0) is 15.2. The van der Waals surface area contributed by atoms with Crippen LogP contribution in [0.15, 0.2) is 18.2 Å². The Kier molecular flexibility index (Phi) is 5.12. The molecule has 0 unspecified atom stereocenters. The number of ether oxygens (including phenoxy) is 1. The molecule has 0 radical (unpaired) electrons. The minimum absolute atomic E-state index is 0.537. The van der Waals surface area contributed by atoms with Gasteiger partial charge in [0.1, 0.15) is 16.8 Å². The quantitative estimate of drug-likeness (QED) is 0.887. The Bertz CT molecular complexity index is 645. The molecule has 1 aromatic carbocycles. The van der Waals surface area contributed by atoms with E-state index in [-0.39, 0.29) is 0 Å². The van der Waals surface area contributed by atoms with Crippen molar-refractivity contribution >= 4 is 16.5 Å². The van der Waals surface area contributed by atoms with E-state index in [0.717, 1.165) is 22.1 Å². The molecule has 1 N–H and O–H groups in total. The molecule has 6 heteroatoms. The molecule has 0 saturated carbocycles. The molecule has 2 rings (SSSR count). The van der Waals surface area contributed by atoms with Gasteiger partial charge in [0.2, 0.25) is 5.13 Å². The lowest BCUT2D eigenvalue weighted by Crippen LogP contribution is -2.00. The first-order chi connectivity index (χ1) is 10.1. The minimum atomic E-state index is 0.537. The fraction of sp³-hybridized carbons (Fsp3) is 0.400. The van der Waals surface area contributed by atoms with Gasteiger partial charge in [-0.25, -0.2) is 0 Å². The van der Waals surface area contributed by atoms with Crippen LogP contribution >= 0.6 is 11.3 Å². The molecule has 1 heterocycles. The number of hydrogen-bond donors (Lipinski definition) is 1. The van der Waals surface area contributed by atoms with Crippen molar-refractivity contribution in [3.05, 3.63) is 34.3 Å². The molecule has 21 heavy (non-hydrogen) atoms. The van der Waals surface area contributed by atoms with E-state index in [1.165, 1.54) is 0 Å². The molecule has 0 aliphatic rings. The van der Waals surface area contributed by atoms with E-state index in [0.29, 0.717) is 23.8 Å². The molecular weight excluding hydrogens is 284 g/mol. The van der Waals surface area contributed by atoms with E-state index in [2.05, 4.69) is 35.4 Å². The Hall–Kier alpha value is -2.13. The van der Waals surface area contributed by atoms with Gasteiger partial charge in [-0.2, -0.15) is 5.26 Å². The van der Waals surface area contributed by atoms with Crippen LogP contribution in [0.3, 0.4) is 0 Å². The minimum Gasteiger partial charge on any atom is -0.495 e. The number of methoxy groups -OCH3 is 1. The molecule has 5 nitrogen and oxygen atoms in total. The first-order valence-corrected chi connectivity index (χ1v) is 7.57. The summed E-state index contributed by atoms with van der Waals surface area (Å²) in [5, 5.41) is 22.5. The van der Waals surface area contributed by atoms with Crippen LogP contribution in [0.4, 0.5) is 5.13 Å². The van der Waals surface area contributed by atoms with Crippen LogP contribution in [0.5, 0.6) is 5.75 Å². The van der Waals surface area contributed by atoms with Gasteiger partial charge in [-0.15, -0.1) is 10.2 Å². The molecule has 0 aliphatic carbocycles. The molecule has 0 fully saturated rings. The number of hydrogen-bond acceptors (Lipinski definition) is 6. The molecule has 1 aromatic heterocycles. The summed E-state index contributed by atoms with van der Waals surface area (Å²) < 4.78 is 5.13. The number of nitrogens with one attached hydrogen (secondary N) is 1. The predicted octanol–water partition coefficient (Wildman–Crippen LogP) is 3.23.